The summed E-state index contributed by atoms with van der Waals surface area (Å²) in [4.78, 5) is 50.8. The molecule has 2 atom stereocenters. The minimum absolute atomic E-state index is 0. The number of carboxylic acids is 2. The van der Waals surface area contributed by atoms with Crippen LogP contribution in [0.15, 0.2) is 11.8 Å². The number of carbonyl (C=O) groups is 5. The zero-order chi connectivity index (χ0) is 20.7. The third-order valence-corrected chi connectivity index (χ3v) is 2.77. The van der Waals surface area contributed by atoms with Crippen LogP contribution in [-0.4, -0.2) is 46.6 Å². The van der Waals surface area contributed by atoms with Crippen molar-refractivity contribution in [2.24, 2.45) is 11.8 Å². The summed E-state index contributed by atoms with van der Waals surface area (Å²) < 4.78 is 0. The zero-order valence-corrected chi connectivity index (χ0v) is 17.1. The number of carbonyl (C=O) groups excluding carboxylic acids is 5. The van der Waals surface area contributed by atoms with Gasteiger partial charge in [-0.1, -0.05) is 20.8 Å². The first kappa shape index (κ1) is 31.8. The quantitative estimate of drug-likeness (QED) is 0.215. The summed E-state index contributed by atoms with van der Waals surface area (Å²) in [5.74, 6) is -5.42. The van der Waals surface area contributed by atoms with Gasteiger partial charge in [-0.2, -0.15) is 0 Å². The number of rotatable bonds is 7. The molecule has 0 aromatic rings. The van der Waals surface area contributed by atoms with Crippen molar-refractivity contribution in [2.75, 3.05) is 0 Å². The third kappa shape index (κ3) is 20.1. The average Bonchev–Trinajstić information content (AvgIpc) is 2.37. The molecule has 0 aliphatic carbocycles. The van der Waals surface area contributed by atoms with Crippen LogP contribution in [0.25, 0.3) is 0 Å². The van der Waals surface area contributed by atoms with Gasteiger partial charge < -0.3 is 24.9 Å². The van der Waals surface area contributed by atoms with Crippen molar-refractivity contribution in [2.45, 2.75) is 54.4 Å². The molecule has 0 aliphatic rings. The van der Waals surface area contributed by atoms with Gasteiger partial charge in [0.05, 0.1) is 23.8 Å². The SMILES string of the molecule is CC(=O)/C=C(/C)[O-].CCC(C(C)=O)C(=O)[O-].CCC(C(C)=O)C(=O)[O-].[Al+3]. The van der Waals surface area contributed by atoms with E-state index in [1.54, 1.807) is 13.8 Å². The molecule has 0 bridgehead atoms. The fraction of sp³-hybridized carbons (Fsp3) is 0.588. The number of carboxylic acid groups (broad SMARTS) is 2. The molecule has 9 heteroatoms. The van der Waals surface area contributed by atoms with Crippen LogP contribution in [0.4, 0.5) is 0 Å². The van der Waals surface area contributed by atoms with Gasteiger partial charge in [-0.15, -0.1) is 5.76 Å². The van der Waals surface area contributed by atoms with Gasteiger partial charge >= 0.3 is 17.4 Å². The van der Waals surface area contributed by atoms with Gasteiger partial charge in [0.25, 0.3) is 0 Å². The van der Waals surface area contributed by atoms with Crippen LogP contribution in [0.5, 0.6) is 0 Å². The van der Waals surface area contributed by atoms with Gasteiger partial charge in [-0.25, -0.2) is 0 Å². The Labute approximate surface area is 164 Å². The molecular weight excluding hydrogens is 359 g/mol. The van der Waals surface area contributed by atoms with Crippen LogP contribution in [0, 0.1) is 11.8 Å². The number of hydrogen-bond donors (Lipinski definition) is 0. The minimum Gasteiger partial charge on any atom is -0.876 e. The summed E-state index contributed by atoms with van der Waals surface area (Å²) in [5, 5.41) is 30.1. The minimum atomic E-state index is -1.27. The number of ketones is 3. The van der Waals surface area contributed by atoms with Crippen LogP contribution in [0.1, 0.15) is 54.4 Å². The Morgan fingerprint density at radius 1 is 0.731 bits per heavy atom. The van der Waals surface area contributed by atoms with E-state index in [-0.39, 0.29) is 40.5 Å². The topological polar surface area (TPSA) is 155 Å². The first-order valence-corrected chi connectivity index (χ1v) is 7.60. The van der Waals surface area contributed by atoms with Crippen LogP contribution in [-0.2, 0) is 24.0 Å². The molecular formula is C17H25AlO8. The van der Waals surface area contributed by atoms with Crippen LogP contribution < -0.4 is 15.3 Å². The number of allylic oxidation sites excluding steroid dienone is 2. The largest absolute Gasteiger partial charge is 3.00 e. The molecule has 0 saturated carbocycles. The smallest absolute Gasteiger partial charge is 0.876 e. The molecule has 0 saturated heterocycles. The Kier molecular flexibility index (Phi) is 21.8. The molecule has 0 aliphatic heterocycles. The molecule has 0 radical (unpaired) electrons. The summed E-state index contributed by atoms with van der Waals surface area (Å²) in [6.45, 7) is 8.49. The maximum absolute atomic E-state index is 10.4. The van der Waals surface area contributed by atoms with E-state index in [2.05, 4.69) is 0 Å². The van der Waals surface area contributed by atoms with Crippen LogP contribution in [0.3, 0.4) is 0 Å². The van der Waals surface area contributed by atoms with E-state index in [4.69, 9.17) is 0 Å². The monoisotopic (exact) mass is 384 g/mol. The third-order valence-electron chi connectivity index (χ3n) is 2.77. The van der Waals surface area contributed by atoms with Gasteiger partial charge in [-0.3, -0.25) is 14.4 Å². The van der Waals surface area contributed by atoms with Gasteiger partial charge in [0.15, 0.2) is 5.78 Å². The first-order valence-electron chi connectivity index (χ1n) is 7.60. The van der Waals surface area contributed by atoms with E-state index in [1.165, 1.54) is 27.7 Å². The van der Waals surface area contributed by atoms with Crippen molar-refractivity contribution < 1.29 is 39.3 Å². The molecule has 0 fully saturated rings. The molecule has 144 valence electrons. The van der Waals surface area contributed by atoms with Crippen molar-refractivity contribution in [3.8, 4) is 0 Å². The molecule has 0 heterocycles. The van der Waals surface area contributed by atoms with E-state index in [0.29, 0.717) is 12.8 Å². The fourth-order valence-corrected chi connectivity index (χ4v) is 1.53. The van der Waals surface area contributed by atoms with E-state index >= 15 is 0 Å². The predicted molar refractivity (Wildman–Crippen MR) is 89.1 cm³/mol. The molecule has 0 N–H and O–H groups in total. The Morgan fingerprint density at radius 3 is 1.00 bits per heavy atom. The number of hydrogen-bond acceptors (Lipinski definition) is 8. The second kappa shape index (κ2) is 17.8. The summed E-state index contributed by atoms with van der Waals surface area (Å²) >= 11 is 0. The second-order valence-corrected chi connectivity index (χ2v) is 5.15. The first-order chi connectivity index (χ1) is 11.3. The van der Waals surface area contributed by atoms with Crippen molar-refractivity contribution >= 4 is 46.6 Å². The Hall–Kier alpha value is -1.98. The fourth-order valence-electron chi connectivity index (χ4n) is 1.53. The van der Waals surface area contributed by atoms with E-state index in [9.17, 15) is 39.3 Å². The normalized spacial score (nSPS) is 11.8. The Bertz CT molecular complexity index is 447. The standard InChI is InChI=1S/2C6H10O3.C5H8O2.Al/c2*1-3-5(4(2)7)6(8)9;1-4(6)3-5(2)7;/h2*5H,3H2,1-2H3,(H,8,9);3,6H,1-2H3;/q;;;+3/p-3/b;;4-3-;. The molecule has 0 amide bonds. The van der Waals surface area contributed by atoms with E-state index in [0.717, 1.165) is 6.08 Å². The maximum Gasteiger partial charge on any atom is 3.00 e. The molecule has 2 unspecified atom stereocenters. The Balaban J connectivity index is -0.000000138. The van der Waals surface area contributed by atoms with Crippen molar-refractivity contribution in [3.63, 3.8) is 0 Å². The van der Waals surface area contributed by atoms with E-state index < -0.39 is 23.8 Å². The average molecular weight is 384 g/mol. The van der Waals surface area contributed by atoms with E-state index in [1.807, 2.05) is 0 Å². The second-order valence-electron chi connectivity index (χ2n) is 5.15. The Morgan fingerprint density at radius 2 is 1.00 bits per heavy atom. The number of Topliss-reactive ketones (excluding diaryl/α,β-unsaturated/α-hetero) is 2. The van der Waals surface area contributed by atoms with Crippen molar-refractivity contribution in [1.82, 2.24) is 0 Å². The van der Waals surface area contributed by atoms with Gasteiger partial charge in [-0.05, 0) is 39.7 Å². The summed E-state index contributed by atoms with van der Waals surface area (Å²) in [5.41, 5.74) is 0. The van der Waals surface area contributed by atoms with Crippen LogP contribution in [0.2, 0.25) is 0 Å². The molecule has 0 aromatic heterocycles. The van der Waals surface area contributed by atoms with Crippen LogP contribution >= 0.6 is 0 Å². The summed E-state index contributed by atoms with van der Waals surface area (Å²) in [6, 6.07) is 0. The molecule has 8 nitrogen and oxygen atoms in total. The molecule has 0 aromatic carbocycles. The van der Waals surface area contributed by atoms with Crippen molar-refractivity contribution in [3.05, 3.63) is 11.8 Å². The molecule has 26 heavy (non-hydrogen) atoms. The molecule has 0 rings (SSSR count). The maximum atomic E-state index is 10.4. The van der Waals surface area contributed by atoms with Crippen molar-refractivity contribution in [1.29, 1.82) is 0 Å². The van der Waals surface area contributed by atoms with Gasteiger partial charge in [0.1, 0.15) is 11.6 Å². The zero-order valence-electron chi connectivity index (χ0n) is 16.0. The van der Waals surface area contributed by atoms with Gasteiger partial charge in [0, 0.05) is 0 Å². The summed E-state index contributed by atoms with van der Waals surface area (Å²) in [6.07, 6.45) is 1.69. The summed E-state index contributed by atoms with van der Waals surface area (Å²) in [7, 11) is 0. The van der Waals surface area contributed by atoms with Gasteiger partial charge in [0.2, 0.25) is 0 Å². The molecule has 0 spiro atoms. The predicted octanol–water partition coefficient (Wildman–Crippen LogP) is -1.84. The number of aliphatic carboxylic acids is 2.